The van der Waals surface area contributed by atoms with Crippen LogP contribution in [-0.2, 0) is 11.2 Å². The molecule has 0 spiro atoms. The molecular weight excluding hydrogens is 260 g/mol. The van der Waals surface area contributed by atoms with Crippen molar-refractivity contribution in [2.75, 3.05) is 11.1 Å². The summed E-state index contributed by atoms with van der Waals surface area (Å²) in [4.78, 5) is 15.5. The van der Waals surface area contributed by atoms with Crippen LogP contribution in [0.15, 0.2) is 23.6 Å². The Balaban J connectivity index is 2.02. The number of benzene rings is 1. The first-order valence-electron chi connectivity index (χ1n) is 4.99. The Morgan fingerprint density at radius 3 is 2.56 bits per heavy atom. The Labute approximate surface area is 105 Å². The molecule has 1 heterocycles. The first-order valence-corrected chi connectivity index (χ1v) is 5.87. The van der Waals surface area contributed by atoms with Crippen LogP contribution in [0.1, 0.15) is 5.69 Å². The van der Waals surface area contributed by atoms with Gasteiger partial charge in [0.15, 0.2) is 5.13 Å². The van der Waals surface area contributed by atoms with E-state index in [0.29, 0.717) is 10.8 Å². The average Bonchev–Trinajstić information content (AvgIpc) is 2.61. The first-order chi connectivity index (χ1) is 8.52. The van der Waals surface area contributed by atoms with Gasteiger partial charge in [-0.2, -0.15) is 0 Å². The van der Waals surface area contributed by atoms with E-state index in [-0.39, 0.29) is 12.1 Å². The Morgan fingerprint density at radius 1 is 1.33 bits per heavy atom. The molecule has 2 rings (SSSR count). The van der Waals surface area contributed by atoms with Crippen molar-refractivity contribution in [3.63, 3.8) is 0 Å². The SMILES string of the molecule is Nc1nc(CC(=O)Nc2cc(F)cc(F)c2)cs1. The van der Waals surface area contributed by atoms with Crippen molar-refractivity contribution < 1.29 is 13.6 Å². The molecule has 0 radical (unpaired) electrons. The fourth-order valence-corrected chi connectivity index (χ4v) is 1.96. The zero-order valence-corrected chi connectivity index (χ0v) is 9.93. The van der Waals surface area contributed by atoms with Crippen molar-refractivity contribution >= 4 is 28.1 Å². The molecule has 0 aliphatic heterocycles. The number of nitrogens with two attached hydrogens (primary N) is 1. The van der Waals surface area contributed by atoms with Crippen LogP contribution in [0.4, 0.5) is 19.6 Å². The zero-order chi connectivity index (χ0) is 13.1. The number of halogens is 2. The van der Waals surface area contributed by atoms with Crippen molar-refractivity contribution in [1.82, 2.24) is 4.98 Å². The highest BCUT2D eigenvalue weighted by Crippen LogP contribution is 2.15. The van der Waals surface area contributed by atoms with Crippen molar-refractivity contribution in [3.8, 4) is 0 Å². The van der Waals surface area contributed by atoms with Gasteiger partial charge in [0.2, 0.25) is 5.91 Å². The summed E-state index contributed by atoms with van der Waals surface area (Å²) in [5.74, 6) is -1.91. The van der Waals surface area contributed by atoms with Crippen molar-refractivity contribution in [3.05, 3.63) is 40.9 Å². The van der Waals surface area contributed by atoms with Gasteiger partial charge in [0.05, 0.1) is 12.1 Å². The number of hydrogen-bond acceptors (Lipinski definition) is 4. The molecule has 0 aliphatic rings. The van der Waals surface area contributed by atoms with Crippen LogP contribution in [0.5, 0.6) is 0 Å². The smallest absolute Gasteiger partial charge is 0.230 e. The Morgan fingerprint density at radius 2 is 2.00 bits per heavy atom. The molecule has 4 nitrogen and oxygen atoms in total. The summed E-state index contributed by atoms with van der Waals surface area (Å²) in [6.07, 6.45) is 0.00579. The molecule has 94 valence electrons. The summed E-state index contributed by atoms with van der Waals surface area (Å²) in [5.41, 5.74) is 6.01. The summed E-state index contributed by atoms with van der Waals surface area (Å²) in [7, 11) is 0. The van der Waals surface area contributed by atoms with Crippen LogP contribution < -0.4 is 11.1 Å². The van der Waals surface area contributed by atoms with Crippen LogP contribution in [0.25, 0.3) is 0 Å². The number of amides is 1. The van der Waals surface area contributed by atoms with Crippen molar-refractivity contribution in [1.29, 1.82) is 0 Å². The van der Waals surface area contributed by atoms with E-state index < -0.39 is 17.5 Å². The third-order valence-corrected chi connectivity index (χ3v) is 2.78. The number of rotatable bonds is 3. The molecule has 1 aromatic heterocycles. The fraction of sp³-hybridized carbons (Fsp3) is 0.0909. The molecular formula is C11H9F2N3OS. The van der Waals surface area contributed by atoms with E-state index in [1.165, 1.54) is 11.3 Å². The minimum atomic E-state index is -0.747. The van der Waals surface area contributed by atoms with Gasteiger partial charge in [0.25, 0.3) is 0 Å². The van der Waals surface area contributed by atoms with Gasteiger partial charge in [0.1, 0.15) is 11.6 Å². The second kappa shape index (κ2) is 5.09. The molecule has 0 saturated carbocycles. The van der Waals surface area contributed by atoms with Gasteiger partial charge in [-0.15, -0.1) is 11.3 Å². The summed E-state index contributed by atoms with van der Waals surface area (Å²) >= 11 is 1.22. The molecule has 0 atom stereocenters. The van der Waals surface area contributed by atoms with Gasteiger partial charge in [-0.25, -0.2) is 13.8 Å². The molecule has 0 bridgehead atoms. The predicted molar refractivity (Wildman–Crippen MR) is 65.2 cm³/mol. The average molecular weight is 269 g/mol. The highest BCUT2D eigenvalue weighted by molar-refractivity contribution is 7.13. The second-order valence-electron chi connectivity index (χ2n) is 3.56. The lowest BCUT2D eigenvalue weighted by molar-refractivity contribution is -0.115. The van der Waals surface area contributed by atoms with Gasteiger partial charge in [-0.1, -0.05) is 0 Å². The van der Waals surface area contributed by atoms with E-state index in [1.54, 1.807) is 5.38 Å². The van der Waals surface area contributed by atoms with Gasteiger partial charge in [-0.3, -0.25) is 4.79 Å². The molecule has 3 N–H and O–H groups in total. The van der Waals surface area contributed by atoms with Gasteiger partial charge in [0, 0.05) is 17.1 Å². The normalized spacial score (nSPS) is 10.3. The third kappa shape index (κ3) is 3.24. The highest BCUT2D eigenvalue weighted by atomic mass is 32.1. The number of nitrogens with zero attached hydrogens (tertiary/aromatic N) is 1. The molecule has 0 saturated heterocycles. The molecule has 0 unspecified atom stereocenters. The van der Waals surface area contributed by atoms with Crippen molar-refractivity contribution in [2.24, 2.45) is 0 Å². The van der Waals surface area contributed by atoms with Crippen molar-refractivity contribution in [2.45, 2.75) is 6.42 Å². The predicted octanol–water partition coefficient (Wildman–Crippen LogP) is 2.18. The summed E-state index contributed by atoms with van der Waals surface area (Å²) < 4.78 is 25.8. The molecule has 2 aromatic rings. The molecule has 1 amide bonds. The fourth-order valence-electron chi connectivity index (χ4n) is 1.40. The van der Waals surface area contributed by atoms with Gasteiger partial charge in [-0.05, 0) is 12.1 Å². The molecule has 18 heavy (non-hydrogen) atoms. The van der Waals surface area contributed by atoms with E-state index in [4.69, 9.17) is 5.73 Å². The number of carbonyl (C=O) groups excluding carboxylic acids is 1. The quantitative estimate of drug-likeness (QED) is 0.897. The van der Waals surface area contributed by atoms with Crippen LogP contribution in [0.3, 0.4) is 0 Å². The van der Waals surface area contributed by atoms with E-state index in [9.17, 15) is 13.6 Å². The number of carbonyl (C=O) groups is 1. The number of aromatic nitrogens is 1. The van der Waals surface area contributed by atoms with Crippen LogP contribution in [0, 0.1) is 11.6 Å². The second-order valence-corrected chi connectivity index (χ2v) is 4.45. The van der Waals surface area contributed by atoms with Crippen LogP contribution in [0.2, 0.25) is 0 Å². The Hall–Kier alpha value is -2.02. The lowest BCUT2D eigenvalue weighted by Crippen LogP contribution is -2.14. The van der Waals surface area contributed by atoms with Crippen LogP contribution >= 0.6 is 11.3 Å². The van der Waals surface area contributed by atoms with Crippen LogP contribution in [-0.4, -0.2) is 10.9 Å². The maximum atomic E-state index is 12.9. The topological polar surface area (TPSA) is 68.0 Å². The minimum absolute atomic E-state index is 0.00579. The standard InChI is InChI=1S/C11H9F2N3OS/c12-6-1-7(13)3-8(2-6)15-10(17)4-9-5-18-11(14)16-9/h1-3,5H,4H2,(H2,14,16)(H,15,17). The molecule has 1 aromatic carbocycles. The van der Waals surface area contributed by atoms with E-state index in [2.05, 4.69) is 10.3 Å². The molecule has 7 heteroatoms. The Kier molecular flexibility index (Phi) is 3.52. The van der Waals surface area contributed by atoms with E-state index >= 15 is 0 Å². The zero-order valence-electron chi connectivity index (χ0n) is 9.11. The monoisotopic (exact) mass is 269 g/mol. The Bertz CT molecular complexity index is 565. The number of nitrogens with one attached hydrogen (secondary N) is 1. The number of hydrogen-bond donors (Lipinski definition) is 2. The largest absolute Gasteiger partial charge is 0.375 e. The van der Waals surface area contributed by atoms with Gasteiger partial charge < -0.3 is 11.1 Å². The maximum Gasteiger partial charge on any atom is 0.230 e. The lowest BCUT2D eigenvalue weighted by atomic mass is 10.2. The molecule has 0 aliphatic carbocycles. The van der Waals surface area contributed by atoms with Gasteiger partial charge >= 0.3 is 0 Å². The highest BCUT2D eigenvalue weighted by Gasteiger charge is 2.08. The molecule has 0 fully saturated rings. The number of nitrogen functional groups attached to an aromatic ring is 1. The van der Waals surface area contributed by atoms with E-state index in [0.717, 1.165) is 18.2 Å². The first kappa shape index (κ1) is 12.4. The number of thiazole rings is 1. The summed E-state index contributed by atoms with van der Waals surface area (Å²) in [6, 6.07) is 2.81. The van der Waals surface area contributed by atoms with E-state index in [1.807, 2.05) is 0 Å². The third-order valence-electron chi connectivity index (χ3n) is 2.06. The maximum absolute atomic E-state index is 12.9. The minimum Gasteiger partial charge on any atom is -0.375 e. The lowest BCUT2D eigenvalue weighted by Gasteiger charge is -2.04. The number of anilines is 2. The summed E-state index contributed by atoms with van der Waals surface area (Å²) in [6.45, 7) is 0. The summed E-state index contributed by atoms with van der Waals surface area (Å²) in [5, 5.41) is 4.41.